The third-order valence-electron chi connectivity index (χ3n) is 3.93. The van der Waals surface area contributed by atoms with Crippen LogP contribution in [0.15, 0.2) is 30.7 Å². The summed E-state index contributed by atoms with van der Waals surface area (Å²) in [5.74, 6) is 0.801. The molecule has 3 aromatic rings. The van der Waals surface area contributed by atoms with Gasteiger partial charge in [0.05, 0.1) is 6.04 Å². The van der Waals surface area contributed by atoms with Crippen LogP contribution in [0, 0.1) is 0 Å². The number of nitrogens with zero attached hydrogens (tertiary/aromatic N) is 7. The van der Waals surface area contributed by atoms with Crippen LogP contribution in [0.3, 0.4) is 0 Å². The number of likely N-dealkylation sites (N-methyl/N-ethyl adjacent to an activating group) is 1. The highest BCUT2D eigenvalue weighted by Crippen LogP contribution is 2.22. The number of amides is 1. The quantitative estimate of drug-likeness (QED) is 0.720. The van der Waals surface area contributed by atoms with Crippen molar-refractivity contribution in [3.05, 3.63) is 36.4 Å². The van der Waals surface area contributed by atoms with E-state index >= 15 is 0 Å². The highest BCUT2D eigenvalue weighted by atomic mass is 16.2. The Hall–Kier alpha value is -2.97. The van der Waals surface area contributed by atoms with Crippen LogP contribution in [-0.4, -0.2) is 67.0 Å². The van der Waals surface area contributed by atoms with Crippen molar-refractivity contribution >= 4 is 17.4 Å². The molecule has 1 aliphatic rings. The Labute approximate surface area is 125 Å². The van der Waals surface area contributed by atoms with Crippen LogP contribution in [0.25, 0.3) is 5.65 Å². The first-order valence-electron chi connectivity index (χ1n) is 6.91. The summed E-state index contributed by atoms with van der Waals surface area (Å²) < 4.78 is 1.64. The second-order valence-electron chi connectivity index (χ2n) is 5.27. The van der Waals surface area contributed by atoms with Gasteiger partial charge in [-0.15, -0.1) is 15.3 Å². The van der Waals surface area contributed by atoms with Gasteiger partial charge in [0.2, 0.25) is 0 Å². The number of carbonyl (C=O) groups is 1. The molecule has 0 bridgehead atoms. The molecule has 1 amide bonds. The molecule has 0 aliphatic carbocycles. The van der Waals surface area contributed by atoms with Crippen molar-refractivity contribution in [3.8, 4) is 0 Å². The Bertz CT molecular complexity index is 804. The van der Waals surface area contributed by atoms with Gasteiger partial charge in [-0.3, -0.25) is 9.89 Å². The SMILES string of the molecule is CN(C(=O)c1ccn[nH]1)C1CN(c2ccc3nncn3n2)C1. The summed E-state index contributed by atoms with van der Waals surface area (Å²) in [7, 11) is 1.81. The number of hydrogen-bond donors (Lipinski definition) is 1. The Balaban J connectivity index is 1.44. The topological polar surface area (TPSA) is 95.3 Å². The number of aromatic nitrogens is 6. The second kappa shape index (κ2) is 4.79. The highest BCUT2D eigenvalue weighted by molar-refractivity contribution is 5.92. The lowest BCUT2D eigenvalue weighted by atomic mass is 10.1. The summed E-state index contributed by atoms with van der Waals surface area (Å²) in [5.41, 5.74) is 1.22. The average Bonchev–Trinajstić information content (AvgIpc) is 3.15. The molecule has 0 radical (unpaired) electrons. The van der Waals surface area contributed by atoms with Gasteiger partial charge in [0.25, 0.3) is 5.91 Å². The van der Waals surface area contributed by atoms with Gasteiger partial charge in [-0.25, -0.2) is 0 Å². The number of carbonyl (C=O) groups excluding carboxylic acids is 1. The third kappa shape index (κ3) is 1.98. The van der Waals surface area contributed by atoms with E-state index in [1.165, 1.54) is 0 Å². The second-order valence-corrected chi connectivity index (χ2v) is 5.27. The van der Waals surface area contributed by atoms with E-state index in [4.69, 9.17) is 0 Å². The molecule has 1 N–H and O–H groups in total. The Morgan fingerprint density at radius 3 is 3.00 bits per heavy atom. The van der Waals surface area contributed by atoms with Crippen molar-refractivity contribution in [1.82, 2.24) is 34.9 Å². The number of nitrogens with one attached hydrogen (secondary N) is 1. The number of anilines is 1. The molecule has 1 saturated heterocycles. The van der Waals surface area contributed by atoms with Crippen LogP contribution in [0.2, 0.25) is 0 Å². The molecule has 1 fully saturated rings. The first kappa shape index (κ1) is 12.7. The van der Waals surface area contributed by atoms with E-state index in [1.807, 2.05) is 19.2 Å². The van der Waals surface area contributed by atoms with Gasteiger partial charge in [-0.2, -0.15) is 9.61 Å². The minimum Gasteiger partial charge on any atom is -0.351 e. The molecule has 0 spiro atoms. The van der Waals surface area contributed by atoms with Crippen LogP contribution in [-0.2, 0) is 0 Å². The summed E-state index contributed by atoms with van der Waals surface area (Å²) in [6.45, 7) is 1.49. The van der Waals surface area contributed by atoms with Gasteiger partial charge in [0.1, 0.15) is 17.8 Å². The van der Waals surface area contributed by atoms with E-state index in [0.717, 1.165) is 18.9 Å². The van der Waals surface area contributed by atoms with Crippen molar-refractivity contribution in [1.29, 1.82) is 0 Å². The molecule has 9 heteroatoms. The molecule has 4 rings (SSSR count). The maximum absolute atomic E-state index is 12.2. The van der Waals surface area contributed by atoms with Crippen LogP contribution >= 0.6 is 0 Å². The predicted octanol–water partition coefficient (Wildman–Crippen LogP) is -0.192. The lowest BCUT2D eigenvalue weighted by molar-refractivity contribution is 0.0699. The van der Waals surface area contributed by atoms with Gasteiger partial charge < -0.3 is 9.80 Å². The van der Waals surface area contributed by atoms with Crippen molar-refractivity contribution in [3.63, 3.8) is 0 Å². The van der Waals surface area contributed by atoms with E-state index in [2.05, 4.69) is 30.4 Å². The molecule has 0 saturated carbocycles. The number of rotatable bonds is 3. The molecule has 112 valence electrons. The summed E-state index contributed by atoms with van der Waals surface area (Å²) >= 11 is 0. The van der Waals surface area contributed by atoms with E-state index in [0.29, 0.717) is 11.3 Å². The fourth-order valence-corrected chi connectivity index (χ4v) is 2.51. The molecule has 22 heavy (non-hydrogen) atoms. The van der Waals surface area contributed by atoms with Gasteiger partial charge >= 0.3 is 0 Å². The molecule has 0 aromatic carbocycles. The minimum absolute atomic E-state index is 0.0515. The summed E-state index contributed by atoms with van der Waals surface area (Å²) in [6, 6.07) is 5.63. The first-order chi connectivity index (χ1) is 10.7. The van der Waals surface area contributed by atoms with Crippen LogP contribution in [0.4, 0.5) is 5.82 Å². The summed E-state index contributed by atoms with van der Waals surface area (Å²) in [5, 5.41) is 18.7. The Morgan fingerprint density at radius 1 is 1.36 bits per heavy atom. The molecule has 1 aliphatic heterocycles. The Kier molecular flexibility index (Phi) is 2.78. The van der Waals surface area contributed by atoms with E-state index in [-0.39, 0.29) is 11.9 Å². The fraction of sp³-hybridized carbons (Fsp3) is 0.308. The zero-order valence-corrected chi connectivity index (χ0v) is 11.9. The summed E-state index contributed by atoms with van der Waals surface area (Å²) in [6.07, 6.45) is 3.15. The third-order valence-corrected chi connectivity index (χ3v) is 3.93. The van der Waals surface area contributed by atoms with Crippen molar-refractivity contribution in [2.75, 3.05) is 25.0 Å². The molecule has 9 nitrogen and oxygen atoms in total. The smallest absolute Gasteiger partial charge is 0.271 e. The molecule has 3 aromatic heterocycles. The molecule has 4 heterocycles. The number of hydrogen-bond acceptors (Lipinski definition) is 6. The lowest BCUT2D eigenvalue weighted by Crippen LogP contribution is -2.60. The van der Waals surface area contributed by atoms with E-state index in [1.54, 1.807) is 28.0 Å². The van der Waals surface area contributed by atoms with Crippen molar-refractivity contribution < 1.29 is 4.79 Å². The highest BCUT2D eigenvalue weighted by Gasteiger charge is 2.34. The molecular formula is C13H14N8O. The van der Waals surface area contributed by atoms with Crippen LogP contribution in [0.1, 0.15) is 10.5 Å². The fourth-order valence-electron chi connectivity index (χ4n) is 2.51. The largest absolute Gasteiger partial charge is 0.351 e. The van der Waals surface area contributed by atoms with Crippen molar-refractivity contribution in [2.24, 2.45) is 0 Å². The van der Waals surface area contributed by atoms with Gasteiger partial charge in [0.15, 0.2) is 5.65 Å². The normalized spacial score (nSPS) is 15.0. The summed E-state index contributed by atoms with van der Waals surface area (Å²) in [4.78, 5) is 16.1. The van der Waals surface area contributed by atoms with Crippen LogP contribution in [0.5, 0.6) is 0 Å². The van der Waals surface area contributed by atoms with Gasteiger partial charge in [-0.05, 0) is 18.2 Å². The monoisotopic (exact) mass is 298 g/mol. The lowest BCUT2D eigenvalue weighted by Gasteiger charge is -2.44. The van der Waals surface area contributed by atoms with Gasteiger partial charge in [0, 0.05) is 26.3 Å². The molecule has 0 unspecified atom stereocenters. The van der Waals surface area contributed by atoms with Crippen LogP contribution < -0.4 is 4.90 Å². The van der Waals surface area contributed by atoms with E-state index < -0.39 is 0 Å². The average molecular weight is 298 g/mol. The number of fused-ring (bicyclic) bond motifs is 1. The zero-order valence-electron chi connectivity index (χ0n) is 11.9. The number of H-pyrrole nitrogens is 1. The molecule has 0 atom stereocenters. The zero-order chi connectivity index (χ0) is 15.1. The predicted molar refractivity (Wildman–Crippen MR) is 77.5 cm³/mol. The van der Waals surface area contributed by atoms with Gasteiger partial charge in [-0.1, -0.05) is 0 Å². The first-order valence-corrected chi connectivity index (χ1v) is 6.91. The maximum atomic E-state index is 12.2. The number of aromatic amines is 1. The standard InChI is InChI=1S/C13H14N8O/c1-19(13(22)10-4-5-14-16-10)9-6-20(7-9)12-3-2-11-17-15-8-21(11)18-12/h2-5,8-9H,6-7H2,1H3,(H,14,16). The minimum atomic E-state index is -0.0515. The van der Waals surface area contributed by atoms with Crippen molar-refractivity contribution in [2.45, 2.75) is 6.04 Å². The molecular weight excluding hydrogens is 284 g/mol. The Morgan fingerprint density at radius 2 is 2.23 bits per heavy atom. The maximum Gasteiger partial charge on any atom is 0.271 e. The van der Waals surface area contributed by atoms with E-state index in [9.17, 15) is 4.79 Å².